The van der Waals surface area contributed by atoms with Gasteiger partial charge in [-0.1, -0.05) is 0 Å². The molecule has 8 nitrogen and oxygen atoms in total. The van der Waals surface area contributed by atoms with Crippen LogP contribution < -0.4 is 10.6 Å². The van der Waals surface area contributed by atoms with Gasteiger partial charge < -0.3 is 25.7 Å². The first kappa shape index (κ1) is 17.2. The van der Waals surface area contributed by atoms with Crippen LogP contribution in [0.3, 0.4) is 0 Å². The molecule has 0 fully saturated rings. The standard InChI is InChI=1S/C11H21N3O5/c1-3-14(4-2)9(16)5-6-12-11(19)13-8(7-15)10(17)18/h8,15H,3-7H2,1-2H3,(H,17,18)(H2,12,13,19)/t8-/m1/s1. The van der Waals surface area contributed by atoms with Crippen molar-refractivity contribution < 1.29 is 24.6 Å². The highest BCUT2D eigenvalue weighted by molar-refractivity contribution is 5.83. The normalized spacial score (nSPS) is 11.5. The number of aliphatic hydroxyl groups is 1. The Labute approximate surface area is 111 Å². The number of carbonyl (C=O) groups excluding carboxylic acids is 2. The highest BCUT2D eigenvalue weighted by atomic mass is 16.4. The van der Waals surface area contributed by atoms with Gasteiger partial charge in [0, 0.05) is 26.1 Å². The molecule has 0 aliphatic rings. The van der Waals surface area contributed by atoms with Crippen LogP contribution in [0, 0.1) is 0 Å². The van der Waals surface area contributed by atoms with Gasteiger partial charge in [0.25, 0.3) is 0 Å². The van der Waals surface area contributed by atoms with Crippen molar-refractivity contribution in [3.8, 4) is 0 Å². The van der Waals surface area contributed by atoms with Gasteiger partial charge in [-0.3, -0.25) is 4.79 Å². The number of rotatable bonds is 8. The Kier molecular flexibility index (Phi) is 8.27. The highest BCUT2D eigenvalue weighted by Crippen LogP contribution is 1.92. The van der Waals surface area contributed by atoms with Gasteiger partial charge in [-0.05, 0) is 13.8 Å². The summed E-state index contributed by atoms with van der Waals surface area (Å²) in [6.45, 7) is 4.35. The van der Waals surface area contributed by atoms with Gasteiger partial charge in [-0.25, -0.2) is 9.59 Å². The van der Waals surface area contributed by atoms with Crippen LogP contribution >= 0.6 is 0 Å². The van der Waals surface area contributed by atoms with Crippen LogP contribution in [0.4, 0.5) is 4.79 Å². The maximum atomic E-state index is 11.6. The van der Waals surface area contributed by atoms with Gasteiger partial charge in [-0.2, -0.15) is 0 Å². The number of nitrogens with one attached hydrogen (secondary N) is 2. The summed E-state index contributed by atoms with van der Waals surface area (Å²) in [5.41, 5.74) is 0. The summed E-state index contributed by atoms with van der Waals surface area (Å²) >= 11 is 0. The minimum atomic E-state index is -1.35. The summed E-state index contributed by atoms with van der Waals surface area (Å²) in [6, 6.07) is -2.08. The second kappa shape index (κ2) is 9.15. The first-order chi connectivity index (χ1) is 8.96. The molecule has 1 atom stereocenters. The number of nitrogens with zero attached hydrogens (tertiary/aromatic N) is 1. The van der Waals surface area contributed by atoms with Gasteiger partial charge in [0.05, 0.1) is 6.61 Å². The number of carboxylic acids is 1. The summed E-state index contributed by atoms with van der Waals surface area (Å²) in [4.78, 5) is 35.1. The molecule has 19 heavy (non-hydrogen) atoms. The number of hydrogen-bond donors (Lipinski definition) is 4. The fourth-order valence-electron chi connectivity index (χ4n) is 1.41. The molecule has 0 aromatic rings. The molecular formula is C11H21N3O5. The molecule has 3 amide bonds. The largest absolute Gasteiger partial charge is 0.480 e. The molecule has 0 aliphatic heterocycles. The third-order valence-electron chi connectivity index (χ3n) is 2.53. The second-order valence-electron chi connectivity index (χ2n) is 3.79. The molecular weight excluding hydrogens is 254 g/mol. The molecule has 0 spiro atoms. The van der Waals surface area contributed by atoms with E-state index in [0.717, 1.165) is 0 Å². The Morgan fingerprint density at radius 3 is 2.21 bits per heavy atom. The zero-order chi connectivity index (χ0) is 14.8. The van der Waals surface area contributed by atoms with E-state index in [2.05, 4.69) is 10.6 Å². The zero-order valence-corrected chi connectivity index (χ0v) is 11.2. The first-order valence-electron chi connectivity index (χ1n) is 6.12. The highest BCUT2D eigenvalue weighted by Gasteiger charge is 2.18. The van der Waals surface area contributed by atoms with Crippen LogP contribution in [0.5, 0.6) is 0 Å². The second-order valence-corrected chi connectivity index (χ2v) is 3.79. The minimum Gasteiger partial charge on any atom is -0.480 e. The van der Waals surface area contributed by atoms with Crippen LogP contribution in [0.25, 0.3) is 0 Å². The molecule has 0 saturated heterocycles. The van der Waals surface area contributed by atoms with Crippen molar-refractivity contribution >= 4 is 17.9 Å². The van der Waals surface area contributed by atoms with Crippen molar-refractivity contribution in [2.24, 2.45) is 0 Å². The molecule has 0 aromatic heterocycles. The van der Waals surface area contributed by atoms with Crippen molar-refractivity contribution in [2.75, 3.05) is 26.2 Å². The summed E-state index contributed by atoms with van der Waals surface area (Å²) in [6.07, 6.45) is 0.145. The molecule has 4 N–H and O–H groups in total. The van der Waals surface area contributed by atoms with Gasteiger partial charge in [0.15, 0.2) is 6.04 Å². The van der Waals surface area contributed by atoms with Crippen molar-refractivity contribution in [2.45, 2.75) is 26.3 Å². The van der Waals surface area contributed by atoms with E-state index < -0.39 is 24.6 Å². The molecule has 0 rings (SSSR count). The average molecular weight is 275 g/mol. The molecule has 8 heteroatoms. The van der Waals surface area contributed by atoms with Crippen molar-refractivity contribution in [3.05, 3.63) is 0 Å². The Hall–Kier alpha value is -1.83. The van der Waals surface area contributed by atoms with Crippen LogP contribution in [-0.2, 0) is 9.59 Å². The van der Waals surface area contributed by atoms with E-state index in [9.17, 15) is 14.4 Å². The molecule has 0 heterocycles. The Morgan fingerprint density at radius 2 is 1.79 bits per heavy atom. The molecule has 0 aliphatic carbocycles. The number of hydrogen-bond acceptors (Lipinski definition) is 4. The quantitative estimate of drug-likeness (QED) is 0.452. The lowest BCUT2D eigenvalue weighted by molar-refractivity contribution is -0.140. The molecule has 110 valence electrons. The topological polar surface area (TPSA) is 119 Å². The first-order valence-corrected chi connectivity index (χ1v) is 6.12. The Bertz CT molecular complexity index is 317. The predicted molar refractivity (Wildman–Crippen MR) is 67.6 cm³/mol. The summed E-state index contributed by atoms with van der Waals surface area (Å²) in [7, 11) is 0. The number of amides is 3. The summed E-state index contributed by atoms with van der Waals surface area (Å²) < 4.78 is 0. The fraction of sp³-hybridized carbons (Fsp3) is 0.727. The number of urea groups is 1. The lowest BCUT2D eigenvalue weighted by Gasteiger charge is -2.18. The number of aliphatic carboxylic acids is 1. The van der Waals surface area contributed by atoms with Crippen LogP contribution in [0.2, 0.25) is 0 Å². The van der Waals surface area contributed by atoms with E-state index in [-0.39, 0.29) is 18.9 Å². The Morgan fingerprint density at radius 1 is 1.21 bits per heavy atom. The van der Waals surface area contributed by atoms with Crippen molar-refractivity contribution in [3.63, 3.8) is 0 Å². The monoisotopic (exact) mass is 275 g/mol. The molecule has 0 saturated carbocycles. The van der Waals surface area contributed by atoms with Crippen LogP contribution in [0.1, 0.15) is 20.3 Å². The van der Waals surface area contributed by atoms with E-state index in [1.54, 1.807) is 4.90 Å². The summed E-state index contributed by atoms with van der Waals surface area (Å²) in [5.74, 6) is -1.40. The van der Waals surface area contributed by atoms with E-state index in [1.807, 2.05) is 13.8 Å². The maximum Gasteiger partial charge on any atom is 0.328 e. The third kappa shape index (κ3) is 6.61. The maximum absolute atomic E-state index is 11.6. The lowest BCUT2D eigenvalue weighted by Crippen LogP contribution is -2.48. The van der Waals surface area contributed by atoms with Crippen molar-refractivity contribution in [1.82, 2.24) is 15.5 Å². The van der Waals surface area contributed by atoms with Crippen molar-refractivity contribution in [1.29, 1.82) is 0 Å². The number of carboxylic acid groups (broad SMARTS) is 1. The minimum absolute atomic E-state index is 0.0813. The number of carbonyl (C=O) groups is 3. The molecule has 0 radical (unpaired) electrons. The van der Waals surface area contributed by atoms with Crippen LogP contribution in [0.15, 0.2) is 0 Å². The molecule has 0 aromatic carbocycles. The molecule has 0 unspecified atom stereocenters. The van der Waals surface area contributed by atoms with Gasteiger partial charge in [0.1, 0.15) is 0 Å². The Balaban J connectivity index is 3.98. The predicted octanol–water partition coefficient (Wildman–Crippen LogP) is -1.01. The summed E-state index contributed by atoms with van der Waals surface area (Å²) in [5, 5.41) is 21.8. The van der Waals surface area contributed by atoms with Gasteiger partial charge in [0.2, 0.25) is 5.91 Å². The van der Waals surface area contributed by atoms with E-state index in [1.165, 1.54) is 0 Å². The fourth-order valence-corrected chi connectivity index (χ4v) is 1.41. The van der Waals surface area contributed by atoms with E-state index >= 15 is 0 Å². The number of aliphatic hydroxyl groups excluding tert-OH is 1. The van der Waals surface area contributed by atoms with E-state index in [4.69, 9.17) is 10.2 Å². The molecule has 0 bridgehead atoms. The average Bonchev–Trinajstić information content (AvgIpc) is 2.37. The van der Waals surface area contributed by atoms with E-state index in [0.29, 0.717) is 13.1 Å². The smallest absolute Gasteiger partial charge is 0.328 e. The lowest BCUT2D eigenvalue weighted by atomic mass is 10.3. The SMILES string of the molecule is CCN(CC)C(=O)CCNC(=O)N[C@H](CO)C(=O)O. The van der Waals surface area contributed by atoms with Gasteiger partial charge >= 0.3 is 12.0 Å². The van der Waals surface area contributed by atoms with Gasteiger partial charge in [-0.15, -0.1) is 0 Å². The zero-order valence-electron chi connectivity index (χ0n) is 11.2. The third-order valence-corrected chi connectivity index (χ3v) is 2.53. The van der Waals surface area contributed by atoms with Crippen LogP contribution in [-0.4, -0.2) is 65.3 Å².